The lowest BCUT2D eigenvalue weighted by Gasteiger charge is -2.38. The molecule has 18 heavy (non-hydrogen) atoms. The summed E-state index contributed by atoms with van der Waals surface area (Å²) in [6, 6.07) is -0.218. The molecule has 5 heteroatoms. The largest absolute Gasteiger partial charge is 0.481 e. The van der Waals surface area contributed by atoms with Crippen molar-refractivity contribution >= 4 is 12.0 Å². The molecule has 0 heterocycles. The summed E-state index contributed by atoms with van der Waals surface area (Å²) in [5, 5.41) is 8.73. The van der Waals surface area contributed by atoms with E-state index in [4.69, 9.17) is 11.5 Å². The average molecular weight is 254 g/mol. The van der Waals surface area contributed by atoms with Gasteiger partial charge < -0.3 is 14.9 Å². The first-order chi connectivity index (χ1) is 8.23. The fourth-order valence-electron chi connectivity index (χ4n) is 1.52. The van der Waals surface area contributed by atoms with Crippen LogP contribution >= 0.6 is 0 Å². The molecule has 0 fully saturated rings. The van der Waals surface area contributed by atoms with E-state index >= 15 is 0 Å². The number of hydrogen-bond donors (Lipinski definition) is 1. The minimum atomic E-state index is -0.919. The first-order valence-corrected chi connectivity index (χ1v) is 5.95. The monoisotopic (exact) mass is 254 g/mol. The smallest absolute Gasteiger partial charge is 0.321 e. The predicted molar refractivity (Wildman–Crippen MR) is 70.2 cm³/mol. The Labute approximate surface area is 109 Å². The molecule has 0 aliphatic carbocycles. The Morgan fingerprint density at radius 1 is 1.33 bits per heavy atom. The average Bonchev–Trinajstić information content (AvgIpc) is 2.23. The molecule has 1 N–H and O–H groups in total. The molecule has 0 saturated heterocycles. The molecular formula is C13H22N2O3. The highest BCUT2D eigenvalue weighted by atomic mass is 16.4. The Morgan fingerprint density at radius 3 is 2.22 bits per heavy atom. The maximum absolute atomic E-state index is 12.3. The zero-order chi connectivity index (χ0) is 14.3. The number of hydrogen-bond acceptors (Lipinski definition) is 2. The van der Waals surface area contributed by atoms with Crippen molar-refractivity contribution in [2.24, 2.45) is 0 Å². The van der Waals surface area contributed by atoms with Gasteiger partial charge in [0.25, 0.3) is 0 Å². The standard InChI is InChI=1S/C13H22N2O3/c1-6-9-14(7-2)12(18)15(13(3,4)5)10-8-11(16)17/h1H,7-10H2,2-5H3,(H,16,17). The highest BCUT2D eigenvalue weighted by Gasteiger charge is 2.29. The van der Waals surface area contributed by atoms with Crippen molar-refractivity contribution in [3.63, 3.8) is 0 Å². The zero-order valence-corrected chi connectivity index (χ0v) is 11.6. The van der Waals surface area contributed by atoms with E-state index in [-0.39, 0.29) is 25.5 Å². The van der Waals surface area contributed by atoms with Gasteiger partial charge in [0.15, 0.2) is 0 Å². The van der Waals surface area contributed by atoms with Crippen LogP contribution in [0.5, 0.6) is 0 Å². The lowest BCUT2D eigenvalue weighted by molar-refractivity contribution is -0.137. The lowest BCUT2D eigenvalue weighted by atomic mass is 10.1. The molecule has 0 aliphatic heterocycles. The van der Waals surface area contributed by atoms with Crippen LogP contribution in [0.1, 0.15) is 34.1 Å². The van der Waals surface area contributed by atoms with Crippen LogP contribution in [0.15, 0.2) is 0 Å². The van der Waals surface area contributed by atoms with Gasteiger partial charge in [-0.1, -0.05) is 5.92 Å². The molecule has 0 saturated carbocycles. The summed E-state index contributed by atoms with van der Waals surface area (Å²) in [4.78, 5) is 26.0. The number of carboxylic acids is 1. The second-order valence-corrected chi connectivity index (χ2v) is 4.97. The molecule has 0 atom stereocenters. The second kappa shape index (κ2) is 6.90. The first kappa shape index (κ1) is 16.3. The topological polar surface area (TPSA) is 60.9 Å². The first-order valence-electron chi connectivity index (χ1n) is 5.95. The van der Waals surface area contributed by atoms with Crippen molar-refractivity contribution in [2.75, 3.05) is 19.6 Å². The van der Waals surface area contributed by atoms with Gasteiger partial charge in [-0.15, -0.1) is 6.42 Å². The molecule has 0 aromatic carbocycles. The van der Waals surface area contributed by atoms with E-state index in [1.165, 1.54) is 4.90 Å². The van der Waals surface area contributed by atoms with E-state index in [0.717, 1.165) is 0 Å². The van der Waals surface area contributed by atoms with Crippen LogP contribution in [-0.4, -0.2) is 52.1 Å². The third-order valence-electron chi connectivity index (χ3n) is 2.52. The van der Waals surface area contributed by atoms with Gasteiger partial charge >= 0.3 is 12.0 Å². The number of rotatable bonds is 5. The van der Waals surface area contributed by atoms with Crippen LogP contribution in [-0.2, 0) is 4.79 Å². The Kier molecular flexibility index (Phi) is 6.24. The Hall–Kier alpha value is -1.70. The van der Waals surface area contributed by atoms with Gasteiger partial charge in [0, 0.05) is 18.6 Å². The normalized spacial score (nSPS) is 10.6. The van der Waals surface area contributed by atoms with Crippen molar-refractivity contribution in [2.45, 2.75) is 39.7 Å². The fraction of sp³-hybridized carbons (Fsp3) is 0.692. The zero-order valence-electron chi connectivity index (χ0n) is 11.6. The molecule has 0 unspecified atom stereocenters. The van der Waals surface area contributed by atoms with Gasteiger partial charge in [0.2, 0.25) is 0 Å². The lowest BCUT2D eigenvalue weighted by Crippen LogP contribution is -2.52. The van der Waals surface area contributed by atoms with Crippen LogP contribution in [0.4, 0.5) is 4.79 Å². The molecule has 5 nitrogen and oxygen atoms in total. The van der Waals surface area contributed by atoms with Crippen LogP contribution < -0.4 is 0 Å². The highest BCUT2D eigenvalue weighted by Crippen LogP contribution is 2.16. The minimum Gasteiger partial charge on any atom is -0.481 e. The Bertz CT molecular complexity index is 339. The number of aliphatic carboxylic acids is 1. The van der Waals surface area contributed by atoms with Gasteiger partial charge in [-0.3, -0.25) is 4.79 Å². The fourth-order valence-corrected chi connectivity index (χ4v) is 1.52. The maximum Gasteiger partial charge on any atom is 0.321 e. The van der Waals surface area contributed by atoms with Gasteiger partial charge in [0.05, 0.1) is 13.0 Å². The molecule has 102 valence electrons. The molecule has 0 spiro atoms. The van der Waals surface area contributed by atoms with Crippen LogP contribution in [0, 0.1) is 12.3 Å². The predicted octanol–water partition coefficient (Wildman–Crippen LogP) is 1.64. The van der Waals surface area contributed by atoms with Crippen molar-refractivity contribution in [3.8, 4) is 12.3 Å². The van der Waals surface area contributed by atoms with Crippen molar-refractivity contribution < 1.29 is 14.7 Å². The molecule has 0 radical (unpaired) electrons. The van der Waals surface area contributed by atoms with Crippen molar-refractivity contribution in [3.05, 3.63) is 0 Å². The highest BCUT2D eigenvalue weighted by molar-refractivity contribution is 5.76. The molecule has 0 aromatic heterocycles. The quantitative estimate of drug-likeness (QED) is 0.759. The number of terminal acetylenes is 1. The maximum atomic E-state index is 12.3. The van der Waals surface area contributed by atoms with Gasteiger partial charge in [-0.2, -0.15) is 0 Å². The summed E-state index contributed by atoms with van der Waals surface area (Å²) < 4.78 is 0. The summed E-state index contributed by atoms with van der Waals surface area (Å²) in [6.45, 7) is 8.37. The number of carboxylic acid groups (broad SMARTS) is 1. The molecular weight excluding hydrogens is 232 g/mol. The second-order valence-electron chi connectivity index (χ2n) is 4.97. The number of nitrogens with zero attached hydrogens (tertiary/aromatic N) is 2. The van der Waals surface area contributed by atoms with Crippen LogP contribution in [0.2, 0.25) is 0 Å². The van der Waals surface area contributed by atoms with Gasteiger partial charge in [0.1, 0.15) is 0 Å². The van der Waals surface area contributed by atoms with E-state index < -0.39 is 11.5 Å². The number of amides is 2. The van der Waals surface area contributed by atoms with Crippen LogP contribution in [0.25, 0.3) is 0 Å². The molecule has 0 rings (SSSR count). The summed E-state index contributed by atoms with van der Waals surface area (Å²) in [6.07, 6.45) is 5.14. The minimum absolute atomic E-state index is 0.0728. The number of carbonyl (C=O) groups excluding carboxylic acids is 1. The molecule has 2 amide bonds. The third kappa shape index (κ3) is 5.09. The summed E-state index contributed by atoms with van der Waals surface area (Å²) in [5.41, 5.74) is -0.436. The van der Waals surface area contributed by atoms with Crippen LogP contribution in [0.3, 0.4) is 0 Å². The van der Waals surface area contributed by atoms with E-state index in [0.29, 0.717) is 6.54 Å². The summed E-state index contributed by atoms with van der Waals surface area (Å²) >= 11 is 0. The summed E-state index contributed by atoms with van der Waals surface area (Å²) in [5.74, 6) is 1.51. The SMILES string of the molecule is C#CCN(CC)C(=O)N(CCC(=O)O)C(C)(C)C. The van der Waals surface area contributed by atoms with E-state index in [9.17, 15) is 9.59 Å². The number of carbonyl (C=O) groups is 2. The summed E-state index contributed by atoms with van der Waals surface area (Å²) in [7, 11) is 0. The van der Waals surface area contributed by atoms with Gasteiger partial charge in [-0.25, -0.2) is 4.79 Å². The third-order valence-corrected chi connectivity index (χ3v) is 2.52. The molecule has 0 aromatic rings. The number of urea groups is 1. The Morgan fingerprint density at radius 2 is 1.89 bits per heavy atom. The molecule has 0 bridgehead atoms. The van der Waals surface area contributed by atoms with Crippen molar-refractivity contribution in [1.29, 1.82) is 0 Å². The van der Waals surface area contributed by atoms with Crippen molar-refractivity contribution in [1.82, 2.24) is 9.80 Å². The van der Waals surface area contributed by atoms with E-state index in [1.807, 2.05) is 27.7 Å². The molecule has 0 aliphatic rings. The Balaban J connectivity index is 4.90. The van der Waals surface area contributed by atoms with E-state index in [1.54, 1.807) is 4.90 Å². The van der Waals surface area contributed by atoms with E-state index in [2.05, 4.69) is 5.92 Å². The van der Waals surface area contributed by atoms with Gasteiger partial charge in [-0.05, 0) is 27.7 Å².